The Kier molecular flexibility index (Phi) is 3.92. The third-order valence-electron chi connectivity index (χ3n) is 4.96. The predicted molar refractivity (Wildman–Crippen MR) is 88.8 cm³/mol. The van der Waals surface area contributed by atoms with Gasteiger partial charge in [-0.25, -0.2) is 4.68 Å². The number of aromatic amines is 1. The van der Waals surface area contributed by atoms with Gasteiger partial charge in [-0.05, 0) is 38.5 Å². The molecule has 0 bridgehead atoms. The third-order valence-corrected chi connectivity index (χ3v) is 4.96. The van der Waals surface area contributed by atoms with Gasteiger partial charge in [0.2, 0.25) is 5.91 Å². The van der Waals surface area contributed by atoms with Crippen molar-refractivity contribution in [3.63, 3.8) is 0 Å². The van der Waals surface area contributed by atoms with Crippen LogP contribution in [0.4, 0.5) is 0 Å². The zero-order valence-corrected chi connectivity index (χ0v) is 13.9. The number of hydrogen-bond acceptors (Lipinski definition) is 4. The summed E-state index contributed by atoms with van der Waals surface area (Å²) in [6.45, 7) is 3.60. The fraction of sp³-hybridized carbons (Fsp3) is 0.529. The molecule has 2 fully saturated rings. The standard InChI is InChI=1S/C17H22N6O/c1-12(13-4-5-13)7-17(24)23-6-2-3-15(23)10-22-11-16(20-21-22)14-8-18-19-9-14/h7-9,11,13,15H,2-6,10H2,1H3,(H,18,19)/b12-7+/t15-/m1/s1. The van der Waals surface area contributed by atoms with Crippen molar-refractivity contribution in [1.29, 1.82) is 0 Å². The number of hydrogen-bond donors (Lipinski definition) is 1. The number of carbonyl (C=O) groups excluding carboxylic acids is 1. The summed E-state index contributed by atoms with van der Waals surface area (Å²) in [5, 5.41) is 15.1. The Morgan fingerprint density at radius 2 is 2.29 bits per heavy atom. The lowest BCUT2D eigenvalue weighted by atomic mass is 10.1. The molecule has 1 aliphatic heterocycles. The van der Waals surface area contributed by atoms with Gasteiger partial charge in [0, 0.05) is 24.4 Å². The molecule has 1 N–H and O–H groups in total. The van der Waals surface area contributed by atoms with Crippen molar-refractivity contribution in [3.05, 3.63) is 30.2 Å². The first-order chi connectivity index (χ1) is 11.7. The van der Waals surface area contributed by atoms with E-state index < -0.39 is 0 Å². The van der Waals surface area contributed by atoms with Gasteiger partial charge in [-0.1, -0.05) is 10.8 Å². The van der Waals surface area contributed by atoms with E-state index in [0.717, 1.165) is 30.6 Å². The van der Waals surface area contributed by atoms with Gasteiger partial charge < -0.3 is 4.90 Å². The maximum absolute atomic E-state index is 12.6. The van der Waals surface area contributed by atoms with Gasteiger partial charge in [-0.3, -0.25) is 9.89 Å². The second-order valence-corrected chi connectivity index (χ2v) is 6.80. The lowest BCUT2D eigenvalue weighted by Crippen LogP contribution is -2.37. The maximum Gasteiger partial charge on any atom is 0.246 e. The number of nitrogens with zero attached hydrogens (tertiary/aromatic N) is 5. The Morgan fingerprint density at radius 1 is 1.42 bits per heavy atom. The van der Waals surface area contributed by atoms with Crippen LogP contribution in [0.3, 0.4) is 0 Å². The molecule has 1 atom stereocenters. The van der Waals surface area contributed by atoms with Gasteiger partial charge in [-0.2, -0.15) is 5.10 Å². The predicted octanol–water partition coefficient (Wildman–Crippen LogP) is 2.02. The summed E-state index contributed by atoms with van der Waals surface area (Å²) in [6.07, 6.45) is 11.8. The van der Waals surface area contributed by atoms with Gasteiger partial charge in [0.1, 0.15) is 5.69 Å². The summed E-state index contributed by atoms with van der Waals surface area (Å²) in [5.74, 6) is 0.792. The first kappa shape index (κ1) is 15.1. The van der Waals surface area contributed by atoms with Crippen molar-refractivity contribution < 1.29 is 4.79 Å². The zero-order chi connectivity index (χ0) is 16.5. The highest BCUT2D eigenvalue weighted by Crippen LogP contribution is 2.36. The highest BCUT2D eigenvalue weighted by Gasteiger charge is 2.30. The number of allylic oxidation sites excluding steroid dienone is 1. The number of nitrogens with one attached hydrogen (secondary N) is 1. The van der Waals surface area contributed by atoms with Crippen LogP contribution in [0.25, 0.3) is 11.3 Å². The molecular weight excluding hydrogens is 304 g/mol. The molecule has 0 radical (unpaired) electrons. The minimum Gasteiger partial charge on any atom is -0.334 e. The lowest BCUT2D eigenvalue weighted by molar-refractivity contribution is -0.127. The Balaban J connectivity index is 1.43. The summed E-state index contributed by atoms with van der Waals surface area (Å²) in [6, 6.07) is 0.194. The molecule has 2 aliphatic rings. The molecule has 2 aromatic rings. The number of H-pyrrole nitrogens is 1. The van der Waals surface area contributed by atoms with Crippen molar-refractivity contribution in [2.45, 2.75) is 45.2 Å². The monoisotopic (exact) mass is 326 g/mol. The number of likely N-dealkylation sites (tertiary alicyclic amines) is 1. The highest BCUT2D eigenvalue weighted by atomic mass is 16.2. The number of carbonyl (C=O) groups is 1. The Bertz CT molecular complexity index is 743. The van der Waals surface area contributed by atoms with Crippen molar-refractivity contribution in [1.82, 2.24) is 30.1 Å². The van der Waals surface area contributed by atoms with Crippen LogP contribution in [-0.4, -0.2) is 48.6 Å². The van der Waals surface area contributed by atoms with Crippen LogP contribution < -0.4 is 0 Å². The Labute approximate surface area is 140 Å². The normalized spacial score (nSPS) is 21.5. The molecule has 7 nitrogen and oxygen atoms in total. The SMILES string of the molecule is C/C(=C\C(=O)N1CCC[C@@H]1Cn1cc(-c2cn[nH]c2)nn1)C1CC1. The number of amides is 1. The molecule has 24 heavy (non-hydrogen) atoms. The minimum absolute atomic E-state index is 0.150. The second-order valence-electron chi connectivity index (χ2n) is 6.80. The summed E-state index contributed by atoms with van der Waals surface area (Å²) < 4.78 is 1.83. The first-order valence-corrected chi connectivity index (χ1v) is 8.59. The van der Waals surface area contributed by atoms with Gasteiger partial charge in [0.25, 0.3) is 0 Å². The molecule has 1 aliphatic carbocycles. The van der Waals surface area contributed by atoms with Crippen LogP contribution >= 0.6 is 0 Å². The van der Waals surface area contributed by atoms with E-state index in [4.69, 9.17) is 0 Å². The Hall–Kier alpha value is -2.44. The van der Waals surface area contributed by atoms with E-state index in [0.29, 0.717) is 12.5 Å². The average molecular weight is 326 g/mol. The zero-order valence-electron chi connectivity index (χ0n) is 13.9. The maximum atomic E-state index is 12.6. The van der Waals surface area contributed by atoms with Crippen LogP contribution in [0.1, 0.15) is 32.6 Å². The van der Waals surface area contributed by atoms with Crippen LogP contribution in [-0.2, 0) is 11.3 Å². The molecule has 0 spiro atoms. The fourth-order valence-electron chi connectivity index (χ4n) is 3.38. The third kappa shape index (κ3) is 3.11. The van der Waals surface area contributed by atoms with Gasteiger partial charge >= 0.3 is 0 Å². The van der Waals surface area contributed by atoms with E-state index in [2.05, 4.69) is 27.4 Å². The molecule has 1 saturated carbocycles. The first-order valence-electron chi connectivity index (χ1n) is 8.59. The van der Waals surface area contributed by atoms with Crippen molar-refractivity contribution in [2.75, 3.05) is 6.54 Å². The van der Waals surface area contributed by atoms with Crippen LogP contribution in [0, 0.1) is 5.92 Å². The summed E-state index contributed by atoms with van der Waals surface area (Å²) in [5.41, 5.74) is 2.95. The minimum atomic E-state index is 0.150. The molecule has 2 aromatic heterocycles. The van der Waals surface area contributed by atoms with E-state index in [-0.39, 0.29) is 11.9 Å². The quantitative estimate of drug-likeness (QED) is 0.853. The summed E-state index contributed by atoms with van der Waals surface area (Å²) in [7, 11) is 0. The average Bonchev–Trinajstić information content (AvgIpc) is 2.97. The van der Waals surface area contributed by atoms with E-state index in [1.54, 1.807) is 12.4 Å². The molecule has 1 amide bonds. The van der Waals surface area contributed by atoms with Crippen molar-refractivity contribution >= 4 is 5.91 Å². The van der Waals surface area contributed by atoms with E-state index in [1.165, 1.54) is 18.4 Å². The van der Waals surface area contributed by atoms with Crippen LogP contribution in [0.5, 0.6) is 0 Å². The van der Waals surface area contributed by atoms with Crippen molar-refractivity contribution in [2.24, 2.45) is 5.92 Å². The van der Waals surface area contributed by atoms with E-state index >= 15 is 0 Å². The van der Waals surface area contributed by atoms with Gasteiger partial charge in [0.15, 0.2) is 0 Å². The molecule has 7 heteroatoms. The molecule has 1 saturated heterocycles. The lowest BCUT2D eigenvalue weighted by Gasteiger charge is -2.23. The Morgan fingerprint density at radius 3 is 3.04 bits per heavy atom. The smallest absolute Gasteiger partial charge is 0.246 e. The molecule has 0 unspecified atom stereocenters. The summed E-state index contributed by atoms with van der Waals surface area (Å²) >= 11 is 0. The topological polar surface area (TPSA) is 79.7 Å². The summed E-state index contributed by atoms with van der Waals surface area (Å²) in [4.78, 5) is 14.6. The van der Waals surface area contributed by atoms with Gasteiger partial charge in [-0.15, -0.1) is 5.10 Å². The molecule has 0 aromatic carbocycles. The molecule has 126 valence electrons. The van der Waals surface area contributed by atoms with Crippen LogP contribution in [0.2, 0.25) is 0 Å². The fourth-order valence-corrected chi connectivity index (χ4v) is 3.38. The van der Waals surface area contributed by atoms with Crippen LogP contribution in [0.15, 0.2) is 30.2 Å². The number of rotatable bonds is 5. The van der Waals surface area contributed by atoms with Crippen molar-refractivity contribution in [3.8, 4) is 11.3 Å². The second kappa shape index (κ2) is 6.22. The largest absolute Gasteiger partial charge is 0.334 e. The van der Waals surface area contributed by atoms with Gasteiger partial charge in [0.05, 0.1) is 25.0 Å². The number of aromatic nitrogens is 5. The molecular formula is C17H22N6O. The molecule has 4 rings (SSSR count). The molecule has 3 heterocycles. The highest BCUT2D eigenvalue weighted by molar-refractivity contribution is 5.88. The van der Waals surface area contributed by atoms with E-state index in [9.17, 15) is 4.79 Å². The van der Waals surface area contributed by atoms with E-state index in [1.807, 2.05) is 21.9 Å².